The van der Waals surface area contributed by atoms with Crippen molar-refractivity contribution in [2.75, 3.05) is 23.3 Å². The van der Waals surface area contributed by atoms with Crippen molar-refractivity contribution in [3.8, 4) is 5.75 Å². The van der Waals surface area contributed by atoms with Crippen LogP contribution in [0.2, 0.25) is 0 Å². The molecule has 3 rings (SSSR count). The molecule has 1 aliphatic heterocycles. The summed E-state index contributed by atoms with van der Waals surface area (Å²) in [6.07, 6.45) is -0.0282. The topological polar surface area (TPSA) is 58.6 Å². The number of carbonyl (C=O) groups excluding carboxylic acids is 2. The van der Waals surface area contributed by atoms with Gasteiger partial charge in [0, 0.05) is 11.3 Å². The lowest BCUT2D eigenvalue weighted by atomic mass is 10.1. The highest BCUT2D eigenvalue weighted by Crippen LogP contribution is 2.34. The summed E-state index contributed by atoms with van der Waals surface area (Å²) in [5.74, 6) is 0.601. The van der Waals surface area contributed by atoms with E-state index in [1.165, 1.54) is 6.92 Å². The average Bonchev–Trinajstić information content (AvgIpc) is 2.57. The zero-order valence-electron chi connectivity index (χ0n) is 15.6. The summed E-state index contributed by atoms with van der Waals surface area (Å²) in [5, 5.41) is 2.98. The highest BCUT2D eigenvalue weighted by molar-refractivity contribution is 5.97. The fourth-order valence-electron chi connectivity index (χ4n) is 3.21. The second kappa shape index (κ2) is 7.20. The summed E-state index contributed by atoms with van der Waals surface area (Å²) in [6.45, 7) is 8.30. The molecule has 26 heavy (non-hydrogen) atoms. The van der Waals surface area contributed by atoms with E-state index in [0.29, 0.717) is 17.9 Å². The first kappa shape index (κ1) is 18.0. The van der Waals surface area contributed by atoms with Crippen molar-refractivity contribution in [1.82, 2.24) is 0 Å². The molecule has 0 radical (unpaired) electrons. The van der Waals surface area contributed by atoms with E-state index in [0.717, 1.165) is 22.5 Å². The SMILES string of the molecule is CC(=O)c1ccc2c(c1)N(CC(=O)Nc1ccc(C)cc1C)CC(C)O2. The maximum atomic E-state index is 12.6. The number of anilines is 2. The van der Waals surface area contributed by atoms with E-state index in [2.05, 4.69) is 5.32 Å². The molecule has 2 aromatic carbocycles. The van der Waals surface area contributed by atoms with Gasteiger partial charge in [0.25, 0.3) is 0 Å². The molecule has 1 aliphatic rings. The van der Waals surface area contributed by atoms with Gasteiger partial charge in [-0.3, -0.25) is 9.59 Å². The van der Waals surface area contributed by atoms with Crippen LogP contribution >= 0.6 is 0 Å². The predicted molar refractivity (Wildman–Crippen MR) is 103 cm³/mol. The molecule has 0 aliphatic carbocycles. The predicted octanol–water partition coefficient (Wildman–Crippen LogP) is 3.73. The third-order valence-electron chi connectivity index (χ3n) is 4.50. The fraction of sp³-hybridized carbons (Fsp3) is 0.333. The Labute approximate surface area is 154 Å². The minimum absolute atomic E-state index is 0.00824. The summed E-state index contributed by atoms with van der Waals surface area (Å²) in [4.78, 5) is 26.3. The van der Waals surface area contributed by atoms with Crippen molar-refractivity contribution in [3.05, 3.63) is 53.1 Å². The van der Waals surface area contributed by atoms with Crippen LogP contribution in [-0.4, -0.2) is 30.9 Å². The molecule has 0 saturated heterocycles. The average molecular weight is 352 g/mol. The van der Waals surface area contributed by atoms with Crippen LogP contribution in [0.5, 0.6) is 5.75 Å². The Balaban J connectivity index is 1.80. The Morgan fingerprint density at radius 3 is 2.65 bits per heavy atom. The van der Waals surface area contributed by atoms with Gasteiger partial charge in [-0.25, -0.2) is 0 Å². The molecule has 2 aromatic rings. The van der Waals surface area contributed by atoms with Crippen LogP contribution in [0.3, 0.4) is 0 Å². The van der Waals surface area contributed by atoms with Gasteiger partial charge in [0.1, 0.15) is 11.9 Å². The molecule has 5 heteroatoms. The number of aryl methyl sites for hydroxylation is 2. The number of nitrogens with zero attached hydrogens (tertiary/aromatic N) is 1. The van der Waals surface area contributed by atoms with Gasteiger partial charge in [0.15, 0.2) is 5.78 Å². The molecule has 0 bridgehead atoms. The number of hydrogen-bond acceptors (Lipinski definition) is 4. The molecule has 0 saturated carbocycles. The molecule has 0 fully saturated rings. The minimum atomic E-state index is -0.0924. The van der Waals surface area contributed by atoms with Gasteiger partial charge < -0.3 is 15.0 Å². The summed E-state index contributed by atoms with van der Waals surface area (Å²) in [7, 11) is 0. The third kappa shape index (κ3) is 3.87. The van der Waals surface area contributed by atoms with Gasteiger partial charge in [-0.1, -0.05) is 17.7 Å². The molecule has 0 aromatic heterocycles. The van der Waals surface area contributed by atoms with Crippen LogP contribution in [-0.2, 0) is 4.79 Å². The van der Waals surface area contributed by atoms with Crippen LogP contribution in [0.25, 0.3) is 0 Å². The van der Waals surface area contributed by atoms with Crippen LogP contribution in [0.1, 0.15) is 35.3 Å². The summed E-state index contributed by atoms with van der Waals surface area (Å²) >= 11 is 0. The molecule has 1 atom stereocenters. The van der Waals surface area contributed by atoms with Crippen LogP contribution in [0, 0.1) is 13.8 Å². The summed E-state index contributed by atoms with van der Waals surface area (Å²) in [6, 6.07) is 11.3. The van der Waals surface area contributed by atoms with Gasteiger partial charge in [0.05, 0.1) is 18.8 Å². The van der Waals surface area contributed by atoms with E-state index in [-0.39, 0.29) is 24.3 Å². The first-order chi connectivity index (χ1) is 12.3. The number of carbonyl (C=O) groups is 2. The van der Waals surface area contributed by atoms with Gasteiger partial charge in [-0.2, -0.15) is 0 Å². The van der Waals surface area contributed by atoms with Crippen molar-refractivity contribution < 1.29 is 14.3 Å². The molecular weight excluding hydrogens is 328 g/mol. The van der Waals surface area contributed by atoms with E-state index in [4.69, 9.17) is 4.74 Å². The number of rotatable bonds is 4. The largest absolute Gasteiger partial charge is 0.487 e. The second-order valence-electron chi connectivity index (χ2n) is 6.91. The van der Waals surface area contributed by atoms with Gasteiger partial charge in [0.2, 0.25) is 5.91 Å². The normalized spacial score (nSPS) is 15.8. The lowest BCUT2D eigenvalue weighted by Crippen LogP contribution is -2.42. The smallest absolute Gasteiger partial charge is 0.243 e. The zero-order chi connectivity index (χ0) is 18.8. The maximum absolute atomic E-state index is 12.6. The Hall–Kier alpha value is -2.82. The Morgan fingerprint density at radius 2 is 1.96 bits per heavy atom. The number of Topliss-reactive ketones (excluding diaryl/α,β-unsaturated/α-hetero) is 1. The monoisotopic (exact) mass is 352 g/mol. The Kier molecular flexibility index (Phi) is 4.98. The first-order valence-corrected chi connectivity index (χ1v) is 8.77. The number of benzene rings is 2. The van der Waals surface area contributed by atoms with E-state index < -0.39 is 0 Å². The fourth-order valence-corrected chi connectivity index (χ4v) is 3.21. The number of ether oxygens (including phenoxy) is 1. The summed E-state index contributed by atoms with van der Waals surface area (Å²) in [5.41, 5.74) is 4.41. The molecular formula is C21H24N2O3. The number of fused-ring (bicyclic) bond motifs is 1. The Morgan fingerprint density at radius 1 is 1.19 bits per heavy atom. The van der Waals surface area contributed by atoms with Crippen LogP contribution in [0.4, 0.5) is 11.4 Å². The van der Waals surface area contributed by atoms with Gasteiger partial charge in [-0.05, 0) is 57.5 Å². The van der Waals surface area contributed by atoms with Crippen LogP contribution < -0.4 is 15.0 Å². The summed E-state index contributed by atoms with van der Waals surface area (Å²) < 4.78 is 5.84. The van der Waals surface area contributed by atoms with E-state index in [9.17, 15) is 9.59 Å². The second-order valence-corrected chi connectivity index (χ2v) is 6.91. The number of ketones is 1. The van der Waals surface area contributed by atoms with Gasteiger partial charge >= 0.3 is 0 Å². The number of hydrogen-bond donors (Lipinski definition) is 1. The lowest BCUT2D eigenvalue weighted by molar-refractivity contribution is -0.115. The van der Waals surface area contributed by atoms with E-state index >= 15 is 0 Å². The number of nitrogens with one attached hydrogen (secondary N) is 1. The molecule has 1 unspecified atom stereocenters. The van der Waals surface area contributed by atoms with Crippen molar-refractivity contribution >= 4 is 23.1 Å². The Bertz CT molecular complexity index is 860. The van der Waals surface area contributed by atoms with Crippen molar-refractivity contribution in [1.29, 1.82) is 0 Å². The standard InChI is InChI=1S/C21H24N2O3/c1-13-5-7-18(14(2)9-13)22-21(25)12-23-11-15(3)26-20-8-6-17(16(4)24)10-19(20)23/h5-10,15H,11-12H2,1-4H3,(H,22,25). The molecule has 1 amide bonds. The minimum Gasteiger partial charge on any atom is -0.487 e. The molecule has 1 N–H and O–H groups in total. The van der Waals surface area contributed by atoms with E-state index in [1.807, 2.05) is 43.9 Å². The highest BCUT2D eigenvalue weighted by Gasteiger charge is 2.25. The van der Waals surface area contributed by atoms with Crippen molar-refractivity contribution in [2.24, 2.45) is 0 Å². The molecule has 0 spiro atoms. The van der Waals surface area contributed by atoms with Crippen molar-refractivity contribution in [2.45, 2.75) is 33.8 Å². The molecule has 136 valence electrons. The molecule has 1 heterocycles. The highest BCUT2D eigenvalue weighted by atomic mass is 16.5. The van der Waals surface area contributed by atoms with E-state index in [1.54, 1.807) is 18.2 Å². The van der Waals surface area contributed by atoms with Crippen LogP contribution in [0.15, 0.2) is 36.4 Å². The maximum Gasteiger partial charge on any atom is 0.243 e. The van der Waals surface area contributed by atoms with Crippen molar-refractivity contribution in [3.63, 3.8) is 0 Å². The van der Waals surface area contributed by atoms with Gasteiger partial charge in [-0.15, -0.1) is 0 Å². The lowest BCUT2D eigenvalue weighted by Gasteiger charge is -2.34. The third-order valence-corrected chi connectivity index (χ3v) is 4.50. The first-order valence-electron chi connectivity index (χ1n) is 8.77. The zero-order valence-corrected chi connectivity index (χ0v) is 15.6. The number of amides is 1. The molecule has 5 nitrogen and oxygen atoms in total. The quantitative estimate of drug-likeness (QED) is 0.852.